The highest BCUT2D eigenvalue weighted by atomic mass is 32.1. The van der Waals surface area contributed by atoms with Crippen molar-refractivity contribution in [2.24, 2.45) is 0 Å². The fraction of sp³-hybridized carbons (Fsp3) is 0.679. The maximum absolute atomic E-state index is 7.02. The molecule has 0 unspecified atom stereocenters. The molecule has 2 aliphatic heterocycles. The highest BCUT2D eigenvalue weighted by Crippen LogP contribution is 2.48. The Labute approximate surface area is 231 Å². The molecule has 37 heavy (non-hydrogen) atoms. The van der Waals surface area contributed by atoms with Gasteiger partial charge >= 0.3 is 0 Å². The Morgan fingerprint density at radius 2 is 1.62 bits per heavy atom. The lowest BCUT2D eigenvalue weighted by atomic mass is 10.0. The third-order valence-corrected chi connectivity index (χ3v) is 17.8. The van der Waals surface area contributed by atoms with Gasteiger partial charge in [0.1, 0.15) is 12.2 Å². The molecule has 9 heteroatoms. The Morgan fingerprint density at radius 3 is 2.16 bits per heavy atom. The molecule has 0 aliphatic carbocycles. The van der Waals surface area contributed by atoms with E-state index >= 15 is 0 Å². The van der Waals surface area contributed by atoms with Crippen molar-refractivity contribution in [3.63, 3.8) is 0 Å². The summed E-state index contributed by atoms with van der Waals surface area (Å²) in [6.45, 7) is 27.6. The Bertz CT molecular complexity index is 960. The van der Waals surface area contributed by atoms with Gasteiger partial charge in [0.05, 0.1) is 19.8 Å². The standard InChI is InChI=1S/C28H47NO5SSi2/c1-12-29-25(35)32-24-23(34-37(10,11)27(5,6)7)22(19-31-36(8,9)26(2,3)4)33-28(24,29)20-30-18-21-16-14-13-15-17-21/h12-17,22-24H,1,18-20H2,2-11H3/t22-,23-,24+,28-/m1/s1. The third kappa shape index (κ3) is 6.23. The summed E-state index contributed by atoms with van der Waals surface area (Å²) in [5.41, 5.74) is 0.120. The summed E-state index contributed by atoms with van der Waals surface area (Å²) in [5, 5.41) is 0.430. The molecule has 1 aromatic carbocycles. The number of rotatable bonds is 10. The zero-order valence-electron chi connectivity index (χ0n) is 24.4. The average molecular weight is 566 g/mol. The molecule has 0 N–H and O–H groups in total. The fourth-order valence-electron chi connectivity index (χ4n) is 4.12. The largest absolute Gasteiger partial charge is 0.459 e. The van der Waals surface area contributed by atoms with Crippen LogP contribution >= 0.6 is 12.2 Å². The van der Waals surface area contributed by atoms with E-state index in [-0.39, 0.29) is 28.9 Å². The quantitative estimate of drug-likeness (QED) is 0.227. The normalized spacial score (nSPS) is 26.8. The summed E-state index contributed by atoms with van der Waals surface area (Å²) < 4.78 is 33.1. The minimum Gasteiger partial charge on any atom is -0.459 e. The van der Waals surface area contributed by atoms with Gasteiger partial charge in [0.15, 0.2) is 22.7 Å². The summed E-state index contributed by atoms with van der Waals surface area (Å²) in [4.78, 5) is 1.80. The van der Waals surface area contributed by atoms with Crippen LogP contribution in [0.15, 0.2) is 43.1 Å². The Morgan fingerprint density at radius 1 is 1.03 bits per heavy atom. The molecule has 0 spiro atoms. The van der Waals surface area contributed by atoms with Crippen LogP contribution in [0.25, 0.3) is 0 Å². The van der Waals surface area contributed by atoms with E-state index in [1.54, 1.807) is 11.1 Å². The second-order valence-corrected chi connectivity index (χ2v) is 23.2. The maximum atomic E-state index is 7.02. The van der Waals surface area contributed by atoms with E-state index in [2.05, 4.69) is 74.3 Å². The first-order valence-electron chi connectivity index (χ1n) is 13.2. The van der Waals surface area contributed by atoms with Gasteiger partial charge in [0.2, 0.25) is 5.72 Å². The van der Waals surface area contributed by atoms with Gasteiger partial charge in [0, 0.05) is 6.20 Å². The van der Waals surface area contributed by atoms with Crippen molar-refractivity contribution in [2.45, 2.75) is 108 Å². The van der Waals surface area contributed by atoms with Gasteiger partial charge in [-0.15, -0.1) is 0 Å². The second kappa shape index (κ2) is 10.8. The molecule has 4 atom stereocenters. The predicted octanol–water partition coefficient (Wildman–Crippen LogP) is 6.84. The van der Waals surface area contributed by atoms with Gasteiger partial charge in [-0.05, 0) is 54.0 Å². The zero-order valence-corrected chi connectivity index (χ0v) is 27.2. The third-order valence-electron chi connectivity index (χ3n) is 8.55. The minimum absolute atomic E-state index is 0.0180. The molecule has 3 rings (SSSR count). The van der Waals surface area contributed by atoms with Crippen LogP contribution in [0.2, 0.25) is 36.3 Å². The SMILES string of the molecule is C=CN1C(=S)O[C@H]2[C@H](O[Si](C)(C)C(C)(C)C)[C@@H](CO[Si](C)(C)C(C)(C)C)O[C@]21COCc1ccccc1. The lowest BCUT2D eigenvalue weighted by Gasteiger charge is -2.41. The Hall–Kier alpha value is -1.08. The minimum atomic E-state index is -2.19. The molecule has 2 aliphatic rings. The molecule has 6 nitrogen and oxygen atoms in total. The van der Waals surface area contributed by atoms with Crippen LogP contribution in [0, 0.1) is 0 Å². The number of benzene rings is 1. The number of nitrogens with zero attached hydrogens (tertiary/aromatic N) is 1. The van der Waals surface area contributed by atoms with E-state index < -0.39 is 28.5 Å². The number of hydrogen-bond donors (Lipinski definition) is 0. The second-order valence-electron chi connectivity index (χ2n) is 13.3. The van der Waals surface area contributed by atoms with E-state index in [4.69, 9.17) is 35.3 Å². The Balaban J connectivity index is 1.93. The van der Waals surface area contributed by atoms with Crippen LogP contribution in [0.1, 0.15) is 47.1 Å². The van der Waals surface area contributed by atoms with Gasteiger partial charge in [-0.3, -0.25) is 4.90 Å². The summed E-state index contributed by atoms with van der Waals surface area (Å²) >= 11 is 5.62. The summed E-state index contributed by atoms with van der Waals surface area (Å²) in [7, 11) is -4.21. The highest BCUT2D eigenvalue weighted by Gasteiger charge is 2.66. The van der Waals surface area contributed by atoms with Crippen molar-refractivity contribution in [3.05, 3.63) is 48.7 Å². The first-order valence-corrected chi connectivity index (χ1v) is 19.4. The highest BCUT2D eigenvalue weighted by molar-refractivity contribution is 7.80. The van der Waals surface area contributed by atoms with Crippen LogP contribution in [0.5, 0.6) is 0 Å². The maximum Gasteiger partial charge on any atom is 0.266 e. The molecule has 2 heterocycles. The van der Waals surface area contributed by atoms with E-state index in [0.29, 0.717) is 18.4 Å². The zero-order chi connectivity index (χ0) is 27.9. The van der Waals surface area contributed by atoms with Gasteiger partial charge in [-0.25, -0.2) is 0 Å². The van der Waals surface area contributed by atoms with E-state index in [0.717, 1.165) is 5.56 Å². The van der Waals surface area contributed by atoms with Crippen LogP contribution in [-0.2, 0) is 29.7 Å². The molecule has 0 saturated carbocycles. The number of thiocarbonyl (C=S) groups is 1. The molecule has 0 aromatic heterocycles. The monoisotopic (exact) mass is 565 g/mol. The van der Waals surface area contributed by atoms with E-state index in [9.17, 15) is 0 Å². The first kappa shape index (κ1) is 30.5. The van der Waals surface area contributed by atoms with Crippen molar-refractivity contribution in [1.29, 1.82) is 0 Å². The van der Waals surface area contributed by atoms with Gasteiger partial charge in [-0.1, -0.05) is 78.5 Å². The summed E-state index contributed by atoms with van der Waals surface area (Å²) in [6.07, 6.45) is 0.526. The first-order chi connectivity index (χ1) is 17.0. The van der Waals surface area contributed by atoms with Crippen LogP contribution in [-0.4, -0.2) is 64.0 Å². The van der Waals surface area contributed by atoms with E-state index in [1.807, 2.05) is 30.3 Å². The average Bonchev–Trinajstić information content (AvgIpc) is 3.20. The molecule has 1 aromatic rings. The van der Waals surface area contributed by atoms with Gasteiger partial charge in [0.25, 0.3) is 5.17 Å². The van der Waals surface area contributed by atoms with Crippen LogP contribution < -0.4 is 0 Å². The predicted molar refractivity (Wildman–Crippen MR) is 158 cm³/mol. The lowest BCUT2D eigenvalue weighted by Crippen LogP contribution is -2.54. The number of hydrogen-bond acceptors (Lipinski definition) is 6. The fourth-order valence-corrected chi connectivity index (χ4v) is 6.77. The van der Waals surface area contributed by atoms with Crippen molar-refractivity contribution < 1.29 is 23.1 Å². The smallest absolute Gasteiger partial charge is 0.266 e. The molecule has 208 valence electrons. The molecule has 0 amide bonds. The molecular formula is C28H47NO5SSi2. The van der Waals surface area contributed by atoms with Crippen molar-refractivity contribution >= 4 is 34.0 Å². The van der Waals surface area contributed by atoms with Gasteiger partial charge in [-0.2, -0.15) is 0 Å². The van der Waals surface area contributed by atoms with Crippen molar-refractivity contribution in [1.82, 2.24) is 4.90 Å². The summed E-state index contributed by atoms with van der Waals surface area (Å²) in [5.74, 6) is 0. The molecular weight excluding hydrogens is 519 g/mol. The molecule has 2 fully saturated rings. The summed E-state index contributed by atoms with van der Waals surface area (Å²) in [6, 6.07) is 10.1. The lowest BCUT2D eigenvalue weighted by molar-refractivity contribution is -0.157. The van der Waals surface area contributed by atoms with Crippen LogP contribution in [0.4, 0.5) is 0 Å². The molecule has 0 bridgehead atoms. The molecule has 2 saturated heterocycles. The topological polar surface area (TPSA) is 49.4 Å². The Kier molecular flexibility index (Phi) is 8.92. The van der Waals surface area contributed by atoms with E-state index in [1.165, 1.54) is 0 Å². The van der Waals surface area contributed by atoms with Crippen LogP contribution in [0.3, 0.4) is 0 Å². The van der Waals surface area contributed by atoms with Crippen molar-refractivity contribution in [2.75, 3.05) is 13.2 Å². The number of fused-ring (bicyclic) bond motifs is 1. The van der Waals surface area contributed by atoms with Crippen molar-refractivity contribution in [3.8, 4) is 0 Å². The molecule has 0 radical (unpaired) electrons. The number of ether oxygens (including phenoxy) is 3. The van der Waals surface area contributed by atoms with Gasteiger partial charge < -0.3 is 23.1 Å².